The van der Waals surface area contributed by atoms with Crippen molar-refractivity contribution in [2.45, 2.75) is 6.23 Å². The maximum atomic E-state index is 5.25. The Hall–Kier alpha value is -1.35. The van der Waals surface area contributed by atoms with Crippen molar-refractivity contribution in [3.05, 3.63) is 30.3 Å². The van der Waals surface area contributed by atoms with E-state index in [1.807, 2.05) is 24.4 Å². The Kier molecular flexibility index (Phi) is 2.27. The molecule has 13 heavy (non-hydrogen) atoms. The molecule has 0 saturated carbocycles. The van der Waals surface area contributed by atoms with Crippen molar-refractivity contribution in [3.63, 3.8) is 0 Å². The Bertz CT molecular complexity index is 297. The zero-order valence-corrected chi connectivity index (χ0v) is 7.55. The molecule has 0 bridgehead atoms. The Morgan fingerprint density at radius 2 is 2.15 bits per heavy atom. The molecule has 0 N–H and O–H groups in total. The van der Waals surface area contributed by atoms with E-state index in [0.29, 0.717) is 6.67 Å². The fraction of sp³-hybridized carbons (Fsp3) is 0.300. The van der Waals surface area contributed by atoms with E-state index in [0.717, 1.165) is 5.69 Å². The van der Waals surface area contributed by atoms with Gasteiger partial charge in [0.25, 0.3) is 0 Å². The van der Waals surface area contributed by atoms with Crippen LogP contribution in [0.2, 0.25) is 0 Å². The molecule has 2 rings (SSSR count). The molecule has 1 aromatic carbocycles. The van der Waals surface area contributed by atoms with E-state index in [2.05, 4.69) is 22.0 Å². The van der Waals surface area contributed by atoms with Gasteiger partial charge in [0.15, 0.2) is 6.23 Å². The van der Waals surface area contributed by atoms with Gasteiger partial charge in [0.1, 0.15) is 6.67 Å². The van der Waals surface area contributed by atoms with Crippen molar-refractivity contribution in [2.24, 2.45) is 4.99 Å². The van der Waals surface area contributed by atoms with E-state index in [4.69, 9.17) is 4.74 Å². The summed E-state index contributed by atoms with van der Waals surface area (Å²) >= 11 is 0. The van der Waals surface area contributed by atoms with E-state index < -0.39 is 0 Å². The van der Waals surface area contributed by atoms with Crippen molar-refractivity contribution in [2.75, 3.05) is 18.7 Å². The van der Waals surface area contributed by atoms with Crippen LogP contribution in [0.3, 0.4) is 0 Å². The van der Waals surface area contributed by atoms with Crippen LogP contribution >= 0.6 is 0 Å². The number of benzene rings is 1. The lowest BCUT2D eigenvalue weighted by molar-refractivity contribution is 0.162. The monoisotopic (exact) mass is 176 g/mol. The maximum Gasteiger partial charge on any atom is 0.167 e. The first-order valence-corrected chi connectivity index (χ1v) is 4.26. The topological polar surface area (TPSA) is 24.8 Å². The van der Waals surface area contributed by atoms with Gasteiger partial charge in [0, 0.05) is 12.8 Å². The molecule has 0 aliphatic carbocycles. The number of hydrogen-bond donors (Lipinski definition) is 0. The summed E-state index contributed by atoms with van der Waals surface area (Å²) in [7, 11) is 1.69. The number of aliphatic imine (C=N–C) groups is 1. The minimum atomic E-state index is -0.0117. The van der Waals surface area contributed by atoms with Gasteiger partial charge in [-0.2, -0.15) is 0 Å². The lowest BCUT2D eigenvalue weighted by atomic mass is 10.3. The third kappa shape index (κ3) is 1.55. The average Bonchev–Trinajstić information content (AvgIpc) is 2.67. The van der Waals surface area contributed by atoms with Crippen molar-refractivity contribution in [1.82, 2.24) is 0 Å². The second-order valence-electron chi connectivity index (χ2n) is 2.90. The van der Waals surface area contributed by atoms with E-state index in [-0.39, 0.29) is 6.23 Å². The molecule has 1 aromatic rings. The highest BCUT2D eigenvalue weighted by Crippen LogP contribution is 2.18. The van der Waals surface area contributed by atoms with Gasteiger partial charge < -0.3 is 9.64 Å². The van der Waals surface area contributed by atoms with Gasteiger partial charge in [0.2, 0.25) is 0 Å². The first-order valence-electron chi connectivity index (χ1n) is 4.26. The number of hydrogen-bond acceptors (Lipinski definition) is 3. The first kappa shape index (κ1) is 8.26. The summed E-state index contributed by atoms with van der Waals surface area (Å²) in [6.07, 6.45) is 1.81. The van der Waals surface area contributed by atoms with Gasteiger partial charge in [-0.25, -0.2) is 0 Å². The van der Waals surface area contributed by atoms with Crippen LogP contribution in [-0.4, -0.2) is 26.2 Å². The Morgan fingerprint density at radius 1 is 1.38 bits per heavy atom. The summed E-state index contributed by atoms with van der Waals surface area (Å²) in [4.78, 5) is 6.27. The highest BCUT2D eigenvalue weighted by Gasteiger charge is 2.19. The average molecular weight is 176 g/mol. The number of anilines is 1. The third-order valence-electron chi connectivity index (χ3n) is 2.10. The van der Waals surface area contributed by atoms with Gasteiger partial charge >= 0.3 is 0 Å². The van der Waals surface area contributed by atoms with Crippen molar-refractivity contribution >= 4 is 11.9 Å². The fourth-order valence-electron chi connectivity index (χ4n) is 1.42. The minimum Gasteiger partial charge on any atom is -0.356 e. The maximum absolute atomic E-state index is 5.25. The smallest absolute Gasteiger partial charge is 0.167 e. The van der Waals surface area contributed by atoms with Gasteiger partial charge in [0.05, 0.1) is 6.21 Å². The van der Waals surface area contributed by atoms with Gasteiger partial charge in [-0.1, -0.05) is 18.2 Å². The fourth-order valence-corrected chi connectivity index (χ4v) is 1.42. The SMILES string of the molecule is COC1C=NCN1c1ccccc1. The zero-order valence-electron chi connectivity index (χ0n) is 7.55. The quantitative estimate of drug-likeness (QED) is 0.682. The summed E-state index contributed by atoms with van der Waals surface area (Å²) in [5.41, 5.74) is 1.15. The molecule has 3 heteroatoms. The molecule has 0 amide bonds. The molecule has 0 fully saturated rings. The number of rotatable bonds is 2. The molecule has 3 nitrogen and oxygen atoms in total. The van der Waals surface area contributed by atoms with Crippen LogP contribution in [0.1, 0.15) is 0 Å². The van der Waals surface area contributed by atoms with Gasteiger partial charge in [-0.15, -0.1) is 0 Å². The molecule has 0 spiro atoms. The lowest BCUT2D eigenvalue weighted by Gasteiger charge is -2.23. The van der Waals surface area contributed by atoms with Crippen LogP contribution in [0.5, 0.6) is 0 Å². The number of nitrogens with zero attached hydrogens (tertiary/aromatic N) is 2. The minimum absolute atomic E-state index is 0.0117. The second kappa shape index (κ2) is 3.58. The van der Waals surface area contributed by atoms with Crippen LogP contribution in [0, 0.1) is 0 Å². The molecular weight excluding hydrogens is 164 g/mol. The largest absolute Gasteiger partial charge is 0.356 e. The van der Waals surface area contributed by atoms with E-state index in [9.17, 15) is 0 Å². The number of para-hydroxylation sites is 1. The first-order chi connectivity index (χ1) is 6.42. The van der Waals surface area contributed by atoms with Crippen LogP contribution in [-0.2, 0) is 4.74 Å². The molecule has 1 heterocycles. The summed E-state index contributed by atoms with van der Waals surface area (Å²) in [6.45, 7) is 0.683. The Morgan fingerprint density at radius 3 is 2.85 bits per heavy atom. The third-order valence-corrected chi connectivity index (χ3v) is 2.10. The molecule has 0 radical (unpaired) electrons. The van der Waals surface area contributed by atoms with Gasteiger partial charge in [-0.3, -0.25) is 4.99 Å². The van der Waals surface area contributed by atoms with Crippen LogP contribution in [0.15, 0.2) is 35.3 Å². The van der Waals surface area contributed by atoms with E-state index in [1.54, 1.807) is 7.11 Å². The van der Waals surface area contributed by atoms with Crippen molar-refractivity contribution in [3.8, 4) is 0 Å². The number of ether oxygens (including phenoxy) is 1. The molecule has 1 aliphatic rings. The summed E-state index contributed by atoms with van der Waals surface area (Å²) in [5.74, 6) is 0. The Balaban J connectivity index is 2.18. The molecular formula is C10H12N2O. The predicted octanol–water partition coefficient (Wildman–Crippen LogP) is 1.51. The molecule has 0 saturated heterocycles. The molecule has 1 aliphatic heterocycles. The summed E-state index contributed by atoms with van der Waals surface area (Å²) < 4.78 is 5.25. The van der Waals surface area contributed by atoms with E-state index >= 15 is 0 Å². The highest BCUT2D eigenvalue weighted by atomic mass is 16.5. The predicted molar refractivity (Wildman–Crippen MR) is 53.1 cm³/mol. The highest BCUT2D eigenvalue weighted by molar-refractivity contribution is 5.72. The molecule has 68 valence electrons. The normalized spacial score (nSPS) is 21.0. The summed E-state index contributed by atoms with van der Waals surface area (Å²) in [6, 6.07) is 10.1. The Labute approximate surface area is 77.7 Å². The van der Waals surface area contributed by atoms with Crippen molar-refractivity contribution in [1.29, 1.82) is 0 Å². The zero-order chi connectivity index (χ0) is 9.10. The molecule has 1 atom stereocenters. The van der Waals surface area contributed by atoms with Crippen LogP contribution in [0.25, 0.3) is 0 Å². The van der Waals surface area contributed by atoms with Crippen LogP contribution < -0.4 is 4.90 Å². The lowest BCUT2D eigenvalue weighted by Crippen LogP contribution is -2.32. The molecule has 0 aromatic heterocycles. The number of methoxy groups -OCH3 is 1. The van der Waals surface area contributed by atoms with Crippen LogP contribution in [0.4, 0.5) is 5.69 Å². The van der Waals surface area contributed by atoms with Crippen molar-refractivity contribution < 1.29 is 4.74 Å². The standard InChI is InChI=1S/C10H12N2O/c1-13-10-7-11-8-12(10)9-5-3-2-4-6-9/h2-7,10H,8H2,1H3. The summed E-state index contributed by atoms with van der Waals surface area (Å²) in [5, 5.41) is 0. The van der Waals surface area contributed by atoms with Gasteiger partial charge in [-0.05, 0) is 12.1 Å². The van der Waals surface area contributed by atoms with E-state index in [1.165, 1.54) is 0 Å². The molecule has 1 unspecified atom stereocenters. The second-order valence-corrected chi connectivity index (χ2v) is 2.90.